The maximum Gasteiger partial charge on any atom is 0.303 e. The molecule has 1 aromatic carbocycles. The molecule has 0 aliphatic heterocycles. The number of carbonyl (C=O) groups excluding carboxylic acids is 1. The molecule has 2 atom stereocenters. The molecule has 6 heteroatoms. The highest BCUT2D eigenvalue weighted by Gasteiger charge is 2.29. The Bertz CT molecular complexity index is 944. The van der Waals surface area contributed by atoms with E-state index >= 15 is 0 Å². The van der Waals surface area contributed by atoms with E-state index in [4.69, 9.17) is 10.2 Å². The van der Waals surface area contributed by atoms with Crippen molar-refractivity contribution in [3.63, 3.8) is 0 Å². The average Bonchev–Trinajstić information content (AvgIpc) is 3.18. The first kappa shape index (κ1) is 21.8. The minimum atomic E-state index is -0.882. The van der Waals surface area contributed by atoms with Gasteiger partial charge in [-0.1, -0.05) is 56.3 Å². The van der Waals surface area contributed by atoms with Crippen molar-refractivity contribution >= 4 is 11.9 Å². The molecule has 160 valence electrons. The number of carbonyl (C=O) groups is 2. The molecule has 0 radical (unpaired) electrons. The Hall–Kier alpha value is -2.89. The van der Waals surface area contributed by atoms with Gasteiger partial charge in [-0.25, -0.2) is 0 Å². The molecule has 2 aromatic rings. The molecule has 0 saturated heterocycles. The number of nitrogens with zero attached hydrogens (tertiary/aromatic N) is 2. The lowest BCUT2D eigenvalue weighted by atomic mass is 9.85. The number of benzene rings is 1. The van der Waals surface area contributed by atoms with Crippen molar-refractivity contribution in [2.75, 3.05) is 0 Å². The van der Waals surface area contributed by atoms with Crippen LogP contribution in [-0.2, 0) is 16.1 Å². The summed E-state index contributed by atoms with van der Waals surface area (Å²) in [7, 11) is 0. The van der Waals surface area contributed by atoms with Gasteiger partial charge in [0.25, 0.3) is 0 Å². The Kier molecular flexibility index (Phi) is 6.44. The van der Waals surface area contributed by atoms with Gasteiger partial charge >= 0.3 is 5.97 Å². The molecule has 1 heterocycles. The van der Waals surface area contributed by atoms with Gasteiger partial charge in [0.2, 0.25) is 5.91 Å². The molecule has 1 aromatic heterocycles. The summed E-state index contributed by atoms with van der Waals surface area (Å²) in [6, 6.07) is 10.2. The quantitative estimate of drug-likeness (QED) is 0.646. The van der Waals surface area contributed by atoms with E-state index < -0.39 is 11.4 Å². The summed E-state index contributed by atoms with van der Waals surface area (Å²) in [5.74, 6) is -0.774. The minimum absolute atomic E-state index is 0.0253. The van der Waals surface area contributed by atoms with E-state index in [-0.39, 0.29) is 30.7 Å². The van der Waals surface area contributed by atoms with Crippen molar-refractivity contribution in [3.05, 3.63) is 65.0 Å². The Morgan fingerprint density at radius 3 is 2.53 bits per heavy atom. The minimum Gasteiger partial charge on any atom is -0.481 e. The summed E-state index contributed by atoms with van der Waals surface area (Å²) in [5, 5.41) is 16.8. The number of hydrogen-bond acceptors (Lipinski definition) is 3. The number of rotatable bonds is 8. The zero-order chi connectivity index (χ0) is 21.9. The van der Waals surface area contributed by atoms with Gasteiger partial charge in [0.05, 0.1) is 18.7 Å². The van der Waals surface area contributed by atoms with Crippen LogP contribution < -0.4 is 5.32 Å². The summed E-state index contributed by atoms with van der Waals surface area (Å²) in [4.78, 5) is 23.4. The van der Waals surface area contributed by atoms with Crippen LogP contribution in [0.1, 0.15) is 61.5 Å². The number of aryl methyl sites for hydroxylation is 1. The molecule has 6 nitrogen and oxygen atoms in total. The lowest BCUT2D eigenvalue weighted by Gasteiger charge is -2.23. The molecular formula is C24H31N3O3. The lowest BCUT2D eigenvalue weighted by molar-refractivity contribution is -0.139. The van der Waals surface area contributed by atoms with Crippen molar-refractivity contribution in [3.8, 4) is 0 Å². The molecular weight excluding hydrogens is 378 g/mol. The monoisotopic (exact) mass is 409 g/mol. The maximum atomic E-state index is 12.4. The second kappa shape index (κ2) is 8.86. The van der Waals surface area contributed by atoms with Gasteiger partial charge in [-0.2, -0.15) is 5.10 Å². The van der Waals surface area contributed by atoms with E-state index in [1.54, 1.807) is 0 Å². The number of allylic oxidation sites excluding steroid dienone is 1. The molecule has 0 fully saturated rings. The first-order chi connectivity index (χ1) is 14.1. The van der Waals surface area contributed by atoms with E-state index in [9.17, 15) is 9.59 Å². The number of hydrogen-bond donors (Lipinski definition) is 2. The summed E-state index contributed by atoms with van der Waals surface area (Å²) >= 11 is 0. The Balaban J connectivity index is 1.62. The van der Waals surface area contributed by atoms with Crippen LogP contribution in [0.2, 0.25) is 0 Å². The largest absolute Gasteiger partial charge is 0.481 e. The number of nitrogens with one attached hydrogen (secondary N) is 1. The highest BCUT2D eigenvalue weighted by atomic mass is 16.4. The van der Waals surface area contributed by atoms with E-state index in [0.717, 1.165) is 24.4 Å². The van der Waals surface area contributed by atoms with Crippen LogP contribution in [0, 0.1) is 19.3 Å². The standard InChI is InChI=1S/C24H31N3O3/c1-16-23(17(2)27(26-16)15-18-8-6-5-7-9-18)19-10-11-20(12-19)25-21(28)13-24(3,4)14-22(29)30/h5-11,19-20H,12-15H2,1-4H3,(H,25,28)(H,29,30). The number of aliphatic carboxylic acids is 1. The second-order valence-corrected chi connectivity index (χ2v) is 9.04. The van der Waals surface area contributed by atoms with E-state index in [1.807, 2.05) is 49.7 Å². The van der Waals surface area contributed by atoms with Crippen LogP contribution in [0.4, 0.5) is 0 Å². The predicted octanol–water partition coefficient (Wildman–Crippen LogP) is 3.97. The van der Waals surface area contributed by atoms with Crippen molar-refractivity contribution in [1.82, 2.24) is 15.1 Å². The van der Waals surface area contributed by atoms with Gasteiger partial charge in [-0.15, -0.1) is 0 Å². The maximum absolute atomic E-state index is 12.4. The summed E-state index contributed by atoms with van der Waals surface area (Å²) in [6.45, 7) is 8.50. The molecule has 3 rings (SSSR count). The van der Waals surface area contributed by atoms with Gasteiger partial charge in [-0.3, -0.25) is 14.3 Å². The van der Waals surface area contributed by atoms with Crippen molar-refractivity contribution in [2.24, 2.45) is 5.41 Å². The van der Waals surface area contributed by atoms with E-state index in [2.05, 4.69) is 30.4 Å². The topological polar surface area (TPSA) is 84.2 Å². The van der Waals surface area contributed by atoms with Crippen LogP contribution >= 0.6 is 0 Å². The Labute approximate surface area is 178 Å². The molecule has 0 bridgehead atoms. The number of amides is 1. The molecule has 30 heavy (non-hydrogen) atoms. The summed E-state index contributed by atoms with van der Waals surface area (Å²) in [6.07, 6.45) is 5.16. The predicted molar refractivity (Wildman–Crippen MR) is 116 cm³/mol. The molecule has 1 amide bonds. The fraction of sp³-hybridized carbons (Fsp3) is 0.458. The molecule has 2 unspecified atom stereocenters. The third-order valence-electron chi connectivity index (χ3n) is 5.68. The second-order valence-electron chi connectivity index (χ2n) is 9.04. The van der Waals surface area contributed by atoms with Crippen LogP contribution in [0.25, 0.3) is 0 Å². The highest BCUT2D eigenvalue weighted by molar-refractivity contribution is 5.78. The zero-order valence-electron chi connectivity index (χ0n) is 18.2. The fourth-order valence-electron chi connectivity index (χ4n) is 4.34. The highest BCUT2D eigenvalue weighted by Crippen LogP contribution is 2.33. The Morgan fingerprint density at radius 1 is 1.17 bits per heavy atom. The fourth-order valence-corrected chi connectivity index (χ4v) is 4.34. The van der Waals surface area contributed by atoms with E-state index in [1.165, 1.54) is 11.1 Å². The van der Waals surface area contributed by atoms with Gasteiger partial charge in [-0.05, 0) is 31.2 Å². The zero-order valence-corrected chi connectivity index (χ0v) is 18.2. The van der Waals surface area contributed by atoms with Gasteiger partial charge in [0, 0.05) is 29.6 Å². The number of carboxylic acid groups (broad SMARTS) is 1. The summed E-state index contributed by atoms with van der Waals surface area (Å²) in [5.41, 5.74) is 4.05. The van der Waals surface area contributed by atoms with E-state index in [0.29, 0.717) is 0 Å². The first-order valence-corrected chi connectivity index (χ1v) is 10.4. The number of aromatic nitrogens is 2. The van der Waals surface area contributed by atoms with Crippen molar-refractivity contribution in [1.29, 1.82) is 0 Å². The molecule has 0 spiro atoms. The van der Waals surface area contributed by atoms with Crippen molar-refractivity contribution < 1.29 is 14.7 Å². The third-order valence-corrected chi connectivity index (χ3v) is 5.68. The van der Waals surface area contributed by atoms with Gasteiger partial charge in [0.1, 0.15) is 0 Å². The SMILES string of the molecule is Cc1nn(Cc2ccccc2)c(C)c1C1C=CC(NC(=O)CC(C)(C)CC(=O)O)C1. The molecule has 2 N–H and O–H groups in total. The van der Waals surface area contributed by atoms with Gasteiger partial charge in [0.15, 0.2) is 0 Å². The summed E-state index contributed by atoms with van der Waals surface area (Å²) < 4.78 is 2.05. The van der Waals surface area contributed by atoms with Crippen LogP contribution in [-0.4, -0.2) is 32.8 Å². The van der Waals surface area contributed by atoms with Crippen LogP contribution in [0.3, 0.4) is 0 Å². The molecule has 1 aliphatic carbocycles. The molecule has 1 aliphatic rings. The van der Waals surface area contributed by atoms with Crippen LogP contribution in [0.15, 0.2) is 42.5 Å². The first-order valence-electron chi connectivity index (χ1n) is 10.4. The third kappa shape index (κ3) is 5.38. The van der Waals surface area contributed by atoms with Crippen molar-refractivity contribution in [2.45, 2.75) is 65.5 Å². The normalized spacial score (nSPS) is 18.5. The molecule has 0 saturated carbocycles. The Morgan fingerprint density at radius 2 is 1.87 bits per heavy atom. The lowest BCUT2D eigenvalue weighted by Crippen LogP contribution is -2.36. The smallest absolute Gasteiger partial charge is 0.303 e. The van der Waals surface area contributed by atoms with Crippen LogP contribution in [0.5, 0.6) is 0 Å². The average molecular weight is 410 g/mol. The number of carboxylic acids is 1. The van der Waals surface area contributed by atoms with Gasteiger partial charge < -0.3 is 10.4 Å².